The van der Waals surface area contributed by atoms with Crippen LogP contribution >= 0.6 is 0 Å². The van der Waals surface area contributed by atoms with Crippen LogP contribution in [-0.2, 0) is 13.5 Å². The average Bonchev–Trinajstić information content (AvgIpc) is 2.80. The van der Waals surface area contributed by atoms with Crippen LogP contribution in [0.3, 0.4) is 0 Å². The summed E-state index contributed by atoms with van der Waals surface area (Å²) in [6.45, 7) is 4.11. The fourth-order valence-corrected chi connectivity index (χ4v) is 3.11. The molecular formula is C20H19N3. The van der Waals surface area contributed by atoms with Crippen LogP contribution in [-0.4, -0.2) is 10.3 Å². The second-order valence-corrected chi connectivity index (χ2v) is 5.94. The number of hydrogen-bond donors (Lipinski definition) is 1. The molecule has 0 fully saturated rings. The highest BCUT2D eigenvalue weighted by atomic mass is 14.9. The van der Waals surface area contributed by atoms with Gasteiger partial charge in [-0.1, -0.05) is 24.3 Å². The van der Waals surface area contributed by atoms with E-state index in [2.05, 4.69) is 29.7 Å². The molecule has 1 aromatic heterocycles. The molecule has 0 radical (unpaired) electrons. The summed E-state index contributed by atoms with van der Waals surface area (Å²) in [6.07, 6.45) is 0.601. The lowest BCUT2D eigenvalue weighted by Crippen LogP contribution is -2.07. The highest BCUT2D eigenvalue weighted by molar-refractivity contribution is 6.11. The van der Waals surface area contributed by atoms with Gasteiger partial charge in [-0.25, -0.2) is 0 Å². The van der Waals surface area contributed by atoms with E-state index < -0.39 is 0 Å². The van der Waals surface area contributed by atoms with Crippen LogP contribution in [0.2, 0.25) is 0 Å². The SMILES string of the molecule is Cc1ccccc1CC(=N)c1c(C)n(C)c2ccc(C#N)cc12. The zero-order valence-corrected chi connectivity index (χ0v) is 13.6. The van der Waals surface area contributed by atoms with Crippen molar-refractivity contribution < 1.29 is 0 Å². The van der Waals surface area contributed by atoms with E-state index in [0.717, 1.165) is 22.2 Å². The number of fused-ring (bicyclic) bond motifs is 1. The highest BCUT2D eigenvalue weighted by Gasteiger charge is 2.17. The van der Waals surface area contributed by atoms with Crippen LogP contribution in [0.15, 0.2) is 42.5 Å². The van der Waals surface area contributed by atoms with Crippen LogP contribution in [0.4, 0.5) is 0 Å². The molecule has 3 nitrogen and oxygen atoms in total. The maximum Gasteiger partial charge on any atom is 0.0991 e. The minimum atomic E-state index is 0.595. The first-order chi connectivity index (χ1) is 11.0. The molecule has 0 saturated carbocycles. The number of hydrogen-bond acceptors (Lipinski definition) is 2. The van der Waals surface area contributed by atoms with Crippen molar-refractivity contribution in [3.63, 3.8) is 0 Å². The van der Waals surface area contributed by atoms with Crippen molar-refractivity contribution in [1.82, 2.24) is 4.57 Å². The van der Waals surface area contributed by atoms with Gasteiger partial charge in [0.25, 0.3) is 0 Å². The minimum Gasteiger partial charge on any atom is -0.347 e. The first-order valence-electron chi connectivity index (χ1n) is 7.64. The van der Waals surface area contributed by atoms with Crippen LogP contribution in [0.1, 0.15) is 27.9 Å². The van der Waals surface area contributed by atoms with Gasteiger partial charge in [-0.2, -0.15) is 5.26 Å². The van der Waals surface area contributed by atoms with Crippen molar-refractivity contribution in [3.8, 4) is 6.07 Å². The Morgan fingerprint density at radius 3 is 2.61 bits per heavy atom. The molecule has 3 aromatic rings. The predicted molar refractivity (Wildman–Crippen MR) is 94.1 cm³/mol. The Bertz CT molecular complexity index is 955. The Labute approximate surface area is 136 Å². The van der Waals surface area contributed by atoms with E-state index in [0.29, 0.717) is 17.7 Å². The molecule has 0 unspecified atom stereocenters. The largest absolute Gasteiger partial charge is 0.347 e. The lowest BCUT2D eigenvalue weighted by molar-refractivity contribution is 0.915. The maximum atomic E-state index is 9.16. The summed E-state index contributed by atoms with van der Waals surface area (Å²) in [6, 6.07) is 16.1. The lowest BCUT2D eigenvalue weighted by atomic mass is 9.96. The Morgan fingerprint density at radius 1 is 1.17 bits per heavy atom. The fourth-order valence-electron chi connectivity index (χ4n) is 3.11. The van der Waals surface area contributed by atoms with Crippen LogP contribution in [0, 0.1) is 30.6 Å². The quantitative estimate of drug-likeness (QED) is 0.721. The molecule has 0 amide bonds. The van der Waals surface area contributed by atoms with E-state index in [4.69, 9.17) is 10.7 Å². The zero-order valence-electron chi connectivity index (χ0n) is 13.6. The van der Waals surface area contributed by atoms with Crippen molar-refractivity contribution in [1.29, 1.82) is 10.7 Å². The van der Waals surface area contributed by atoms with E-state index in [-0.39, 0.29) is 0 Å². The molecule has 0 bridgehead atoms. The number of nitrogens with zero attached hydrogens (tertiary/aromatic N) is 2. The average molecular weight is 301 g/mol. The molecule has 0 atom stereocenters. The smallest absolute Gasteiger partial charge is 0.0991 e. The summed E-state index contributed by atoms with van der Waals surface area (Å²) >= 11 is 0. The van der Waals surface area contributed by atoms with Crippen molar-refractivity contribution in [3.05, 3.63) is 70.4 Å². The Hall–Kier alpha value is -2.86. The molecule has 0 aliphatic rings. The first kappa shape index (κ1) is 15.1. The monoisotopic (exact) mass is 301 g/mol. The summed E-state index contributed by atoms with van der Waals surface area (Å²) in [4.78, 5) is 0. The maximum absolute atomic E-state index is 9.16. The number of rotatable bonds is 3. The van der Waals surface area contributed by atoms with E-state index >= 15 is 0 Å². The van der Waals surface area contributed by atoms with Gasteiger partial charge in [0, 0.05) is 41.3 Å². The topological polar surface area (TPSA) is 52.6 Å². The number of aromatic nitrogens is 1. The van der Waals surface area contributed by atoms with Crippen LogP contribution in [0.25, 0.3) is 10.9 Å². The molecule has 1 N–H and O–H groups in total. The summed E-state index contributed by atoms with van der Waals surface area (Å²) in [5.74, 6) is 0. The highest BCUT2D eigenvalue weighted by Crippen LogP contribution is 2.27. The molecule has 2 aromatic carbocycles. The molecule has 114 valence electrons. The van der Waals surface area contributed by atoms with Crippen LogP contribution < -0.4 is 0 Å². The van der Waals surface area contributed by atoms with Crippen molar-refractivity contribution in [2.24, 2.45) is 7.05 Å². The normalized spacial score (nSPS) is 10.7. The van der Waals surface area contributed by atoms with Gasteiger partial charge in [0.15, 0.2) is 0 Å². The third-order valence-electron chi connectivity index (χ3n) is 4.55. The van der Waals surface area contributed by atoms with Crippen molar-refractivity contribution in [2.75, 3.05) is 0 Å². The van der Waals surface area contributed by atoms with Crippen LogP contribution in [0.5, 0.6) is 0 Å². The summed E-state index contributed by atoms with van der Waals surface area (Å²) in [5, 5.41) is 18.8. The molecule has 0 spiro atoms. The van der Waals surface area contributed by atoms with Gasteiger partial charge in [0.05, 0.1) is 11.6 Å². The van der Waals surface area contributed by atoms with E-state index in [1.165, 1.54) is 11.1 Å². The molecule has 3 heteroatoms. The zero-order chi connectivity index (χ0) is 16.6. The summed E-state index contributed by atoms with van der Waals surface area (Å²) < 4.78 is 2.10. The molecule has 0 aliphatic heterocycles. The van der Waals surface area contributed by atoms with Gasteiger partial charge >= 0.3 is 0 Å². The molecule has 0 saturated heterocycles. The Kier molecular flexibility index (Phi) is 3.75. The van der Waals surface area contributed by atoms with E-state index in [9.17, 15) is 0 Å². The van der Waals surface area contributed by atoms with Crippen molar-refractivity contribution >= 4 is 16.6 Å². The van der Waals surface area contributed by atoms with Gasteiger partial charge in [-0.15, -0.1) is 0 Å². The third-order valence-corrected chi connectivity index (χ3v) is 4.55. The standard InChI is InChI=1S/C20H19N3/c1-13-6-4-5-7-16(13)11-18(22)20-14(2)23(3)19-9-8-15(12-21)10-17(19)20/h4-10,22H,11H2,1-3H3. The van der Waals surface area contributed by atoms with Gasteiger partial charge in [0.1, 0.15) is 0 Å². The number of benzene rings is 2. The lowest BCUT2D eigenvalue weighted by Gasteiger charge is -2.08. The second-order valence-electron chi connectivity index (χ2n) is 5.94. The molecule has 1 heterocycles. The molecular weight excluding hydrogens is 282 g/mol. The van der Waals surface area contributed by atoms with Gasteiger partial charge in [-0.3, -0.25) is 0 Å². The van der Waals surface area contributed by atoms with E-state index in [1.54, 1.807) is 0 Å². The first-order valence-corrected chi connectivity index (χ1v) is 7.64. The van der Waals surface area contributed by atoms with Gasteiger partial charge < -0.3 is 9.98 Å². The molecule has 23 heavy (non-hydrogen) atoms. The predicted octanol–water partition coefficient (Wildman–Crippen LogP) is 4.28. The van der Waals surface area contributed by atoms with Crippen molar-refractivity contribution in [2.45, 2.75) is 20.3 Å². The number of aryl methyl sites for hydroxylation is 2. The molecule has 0 aliphatic carbocycles. The van der Waals surface area contributed by atoms with Gasteiger partial charge in [0.2, 0.25) is 0 Å². The van der Waals surface area contributed by atoms with Gasteiger partial charge in [-0.05, 0) is 43.2 Å². The number of nitrogens with one attached hydrogen (secondary N) is 1. The molecule has 3 rings (SSSR count). The number of nitriles is 1. The minimum absolute atomic E-state index is 0.595. The third kappa shape index (κ3) is 2.53. The Morgan fingerprint density at radius 2 is 1.91 bits per heavy atom. The summed E-state index contributed by atoms with van der Waals surface area (Å²) in [7, 11) is 2.01. The summed E-state index contributed by atoms with van der Waals surface area (Å²) in [5.41, 5.74) is 6.67. The van der Waals surface area contributed by atoms with E-state index in [1.807, 2.05) is 44.3 Å². The Balaban J connectivity index is 2.12. The second kappa shape index (κ2) is 5.73. The fraction of sp³-hybridized carbons (Fsp3) is 0.200.